The largest absolute Gasteiger partial charge is 0.514 e. The smallest absolute Gasteiger partial charge is 0.431 e. The number of hydrogen-bond acceptors (Lipinski definition) is 3. The van der Waals surface area contributed by atoms with Crippen molar-refractivity contribution in [3.8, 4) is 16.9 Å². The predicted molar refractivity (Wildman–Crippen MR) is 74.1 cm³/mol. The van der Waals surface area contributed by atoms with Crippen molar-refractivity contribution < 1.29 is 14.3 Å². The van der Waals surface area contributed by atoms with Crippen molar-refractivity contribution in [3.63, 3.8) is 0 Å². The molecule has 0 spiro atoms. The number of hydrogen-bond donors (Lipinski definition) is 0. The Morgan fingerprint density at radius 3 is 2.26 bits per heavy atom. The van der Waals surface area contributed by atoms with Gasteiger partial charge in [0.15, 0.2) is 0 Å². The predicted octanol–water partition coefficient (Wildman–Crippen LogP) is 4.28. The molecule has 0 N–H and O–H groups in total. The van der Waals surface area contributed by atoms with Gasteiger partial charge in [-0.2, -0.15) is 0 Å². The summed E-state index contributed by atoms with van der Waals surface area (Å²) in [4.78, 5) is 11.6. The van der Waals surface area contributed by atoms with Crippen LogP contribution in [-0.2, 0) is 4.74 Å². The molecule has 0 saturated heterocycles. The maximum absolute atomic E-state index is 11.6. The van der Waals surface area contributed by atoms with E-state index < -0.39 is 6.16 Å². The third kappa shape index (κ3) is 3.58. The minimum Gasteiger partial charge on any atom is -0.431 e. The molecule has 0 aromatic heterocycles. The summed E-state index contributed by atoms with van der Waals surface area (Å²) in [5.74, 6) is 0.499. The monoisotopic (exact) mass is 256 g/mol. The first-order valence-corrected chi connectivity index (χ1v) is 6.19. The molecule has 0 aliphatic rings. The Morgan fingerprint density at radius 2 is 1.58 bits per heavy atom. The summed E-state index contributed by atoms with van der Waals surface area (Å²) in [6.45, 7) is 3.56. The van der Waals surface area contributed by atoms with E-state index in [4.69, 9.17) is 9.47 Å². The molecule has 3 heteroatoms. The summed E-state index contributed by atoms with van der Waals surface area (Å²) in [5, 5.41) is 0. The molecular formula is C16H16O3. The fraction of sp³-hybridized carbons (Fsp3) is 0.188. The minimum atomic E-state index is -0.682. The molecule has 2 aromatic rings. The molecule has 0 saturated carbocycles. The molecule has 0 heterocycles. The number of benzene rings is 2. The summed E-state index contributed by atoms with van der Waals surface area (Å²) in [5.41, 5.74) is 1.86. The summed E-state index contributed by atoms with van der Waals surface area (Å²) in [7, 11) is 0. The maximum atomic E-state index is 11.6. The van der Waals surface area contributed by atoms with E-state index in [-0.39, 0.29) is 6.10 Å². The van der Waals surface area contributed by atoms with Gasteiger partial charge in [-0.15, -0.1) is 0 Å². The summed E-state index contributed by atoms with van der Waals surface area (Å²) in [6.07, 6.45) is -0.880. The number of carbonyl (C=O) groups excluding carboxylic acids is 1. The highest BCUT2D eigenvalue weighted by Gasteiger charge is 2.12. The van der Waals surface area contributed by atoms with E-state index >= 15 is 0 Å². The summed E-state index contributed by atoms with van der Waals surface area (Å²) >= 11 is 0. The zero-order valence-electron chi connectivity index (χ0n) is 11.0. The van der Waals surface area contributed by atoms with Crippen molar-refractivity contribution in [2.75, 3.05) is 0 Å². The van der Waals surface area contributed by atoms with Crippen LogP contribution < -0.4 is 4.74 Å². The van der Waals surface area contributed by atoms with E-state index in [1.54, 1.807) is 19.9 Å². The van der Waals surface area contributed by atoms with E-state index in [2.05, 4.69) is 0 Å². The topological polar surface area (TPSA) is 35.5 Å². The molecule has 19 heavy (non-hydrogen) atoms. The van der Waals surface area contributed by atoms with Crippen LogP contribution in [0.5, 0.6) is 5.75 Å². The highest BCUT2D eigenvalue weighted by atomic mass is 16.7. The lowest BCUT2D eigenvalue weighted by atomic mass is 10.1. The first kappa shape index (κ1) is 13.1. The molecule has 0 unspecified atom stereocenters. The maximum Gasteiger partial charge on any atom is 0.514 e. The van der Waals surface area contributed by atoms with Crippen LogP contribution in [0.4, 0.5) is 4.79 Å². The van der Waals surface area contributed by atoms with Crippen molar-refractivity contribution in [3.05, 3.63) is 54.6 Å². The SMILES string of the molecule is CC(C)OC(=O)Oc1ccccc1-c1ccccc1. The molecule has 0 aliphatic carbocycles. The van der Waals surface area contributed by atoms with Gasteiger partial charge in [-0.3, -0.25) is 0 Å². The van der Waals surface area contributed by atoms with Gasteiger partial charge < -0.3 is 9.47 Å². The molecule has 0 atom stereocenters. The van der Waals surface area contributed by atoms with Crippen LogP contribution in [0.1, 0.15) is 13.8 Å². The molecule has 0 radical (unpaired) electrons. The standard InChI is InChI=1S/C16H16O3/c1-12(2)18-16(17)19-15-11-7-6-10-14(15)13-8-4-3-5-9-13/h3-12H,1-2H3. The lowest BCUT2D eigenvalue weighted by molar-refractivity contribution is 0.0730. The van der Waals surface area contributed by atoms with Crippen LogP contribution in [0.2, 0.25) is 0 Å². The molecular weight excluding hydrogens is 240 g/mol. The number of ether oxygens (including phenoxy) is 2. The fourth-order valence-corrected chi connectivity index (χ4v) is 1.72. The second-order valence-corrected chi connectivity index (χ2v) is 4.38. The zero-order valence-corrected chi connectivity index (χ0v) is 11.0. The van der Waals surface area contributed by atoms with Crippen molar-refractivity contribution in [2.24, 2.45) is 0 Å². The van der Waals surface area contributed by atoms with Gasteiger partial charge >= 0.3 is 6.16 Å². The molecule has 98 valence electrons. The first-order valence-electron chi connectivity index (χ1n) is 6.19. The molecule has 2 rings (SSSR count). The highest BCUT2D eigenvalue weighted by Crippen LogP contribution is 2.29. The molecule has 2 aromatic carbocycles. The lowest BCUT2D eigenvalue weighted by Gasteiger charge is -2.11. The van der Waals surface area contributed by atoms with E-state index in [1.807, 2.05) is 48.5 Å². The van der Waals surface area contributed by atoms with E-state index in [0.29, 0.717) is 5.75 Å². The minimum absolute atomic E-state index is 0.198. The van der Waals surface area contributed by atoms with Crippen LogP contribution in [0, 0.1) is 0 Å². The normalized spacial score (nSPS) is 10.3. The third-order valence-corrected chi connectivity index (χ3v) is 2.50. The van der Waals surface area contributed by atoms with E-state index in [0.717, 1.165) is 11.1 Å². The Bertz CT molecular complexity index is 547. The Hall–Kier alpha value is -2.29. The van der Waals surface area contributed by atoms with Gasteiger partial charge in [0.2, 0.25) is 0 Å². The molecule has 3 nitrogen and oxygen atoms in total. The molecule has 0 amide bonds. The van der Waals surface area contributed by atoms with Crippen molar-refractivity contribution in [1.82, 2.24) is 0 Å². The van der Waals surface area contributed by atoms with Crippen LogP contribution in [0.3, 0.4) is 0 Å². The quantitative estimate of drug-likeness (QED) is 0.607. The Balaban J connectivity index is 2.25. The first-order chi connectivity index (χ1) is 9.16. The lowest BCUT2D eigenvalue weighted by Crippen LogP contribution is -2.15. The number of rotatable bonds is 3. The highest BCUT2D eigenvalue weighted by molar-refractivity contribution is 5.74. The van der Waals surface area contributed by atoms with Gasteiger partial charge in [0.05, 0.1) is 6.10 Å². The van der Waals surface area contributed by atoms with Crippen LogP contribution in [0.25, 0.3) is 11.1 Å². The Labute approximate surface area is 112 Å². The van der Waals surface area contributed by atoms with Gasteiger partial charge in [-0.25, -0.2) is 4.79 Å². The van der Waals surface area contributed by atoms with Gasteiger partial charge in [-0.05, 0) is 25.5 Å². The fourth-order valence-electron chi connectivity index (χ4n) is 1.72. The second kappa shape index (κ2) is 6.05. The zero-order chi connectivity index (χ0) is 13.7. The van der Waals surface area contributed by atoms with Crippen LogP contribution in [-0.4, -0.2) is 12.3 Å². The van der Waals surface area contributed by atoms with Gasteiger partial charge in [-0.1, -0.05) is 48.5 Å². The van der Waals surface area contributed by atoms with Gasteiger partial charge in [0.1, 0.15) is 5.75 Å². The Morgan fingerprint density at radius 1 is 0.947 bits per heavy atom. The average Bonchev–Trinajstić information content (AvgIpc) is 2.39. The van der Waals surface area contributed by atoms with Crippen molar-refractivity contribution in [2.45, 2.75) is 20.0 Å². The third-order valence-electron chi connectivity index (χ3n) is 2.50. The molecule has 0 bridgehead atoms. The van der Waals surface area contributed by atoms with Gasteiger partial charge in [0.25, 0.3) is 0 Å². The van der Waals surface area contributed by atoms with Crippen molar-refractivity contribution >= 4 is 6.16 Å². The molecule has 0 fully saturated rings. The summed E-state index contributed by atoms with van der Waals surface area (Å²) < 4.78 is 10.2. The van der Waals surface area contributed by atoms with Crippen LogP contribution in [0.15, 0.2) is 54.6 Å². The molecule has 0 aliphatic heterocycles. The van der Waals surface area contributed by atoms with Crippen molar-refractivity contribution in [1.29, 1.82) is 0 Å². The second-order valence-electron chi connectivity index (χ2n) is 4.38. The number of carbonyl (C=O) groups is 1. The average molecular weight is 256 g/mol. The Kier molecular flexibility index (Phi) is 4.18. The van der Waals surface area contributed by atoms with E-state index in [1.165, 1.54) is 0 Å². The number of para-hydroxylation sites is 1. The van der Waals surface area contributed by atoms with E-state index in [9.17, 15) is 4.79 Å². The van der Waals surface area contributed by atoms with Gasteiger partial charge in [0, 0.05) is 5.56 Å². The van der Waals surface area contributed by atoms with Crippen LogP contribution >= 0.6 is 0 Å². The summed E-state index contributed by atoms with van der Waals surface area (Å²) in [6, 6.07) is 17.2.